The van der Waals surface area contributed by atoms with Gasteiger partial charge >= 0.3 is 0 Å². The molecular weight excluding hydrogens is 392 g/mol. The van der Waals surface area contributed by atoms with Crippen LogP contribution in [-0.4, -0.2) is 53.4 Å². The van der Waals surface area contributed by atoms with Crippen molar-refractivity contribution in [2.24, 2.45) is 0 Å². The lowest BCUT2D eigenvalue weighted by atomic mass is 10.3. The number of carbonyl (C=O) groups excluding carboxylic acids is 1. The zero-order valence-electron chi connectivity index (χ0n) is 15.6. The summed E-state index contributed by atoms with van der Waals surface area (Å²) in [6, 6.07) is 7.87. The summed E-state index contributed by atoms with van der Waals surface area (Å²) in [6.07, 6.45) is 3.27. The van der Waals surface area contributed by atoms with Crippen molar-refractivity contribution in [3.8, 4) is 0 Å². The molecule has 1 aliphatic rings. The van der Waals surface area contributed by atoms with Gasteiger partial charge < -0.3 is 19.8 Å². The number of halogens is 1. The van der Waals surface area contributed by atoms with Crippen LogP contribution in [-0.2, 0) is 17.9 Å². The van der Waals surface area contributed by atoms with E-state index in [0.29, 0.717) is 43.0 Å². The molecule has 9 nitrogen and oxygen atoms in total. The molecule has 0 bridgehead atoms. The predicted molar refractivity (Wildman–Crippen MR) is 110 cm³/mol. The Hall–Kier alpha value is -3.20. The lowest BCUT2D eigenvalue weighted by Crippen LogP contribution is -2.28. The third kappa shape index (κ3) is 3.49. The predicted octanol–water partition coefficient (Wildman–Crippen LogP) is 2.59. The Morgan fingerprint density at radius 3 is 2.90 bits per heavy atom. The molecule has 0 radical (unpaired) electrons. The number of anilines is 1. The normalized spacial score (nSPS) is 14.4. The van der Waals surface area contributed by atoms with Crippen LogP contribution >= 0.6 is 11.6 Å². The SMILES string of the molecule is O=C1CCCN1CCn1cnc2c(NCc3nc4ccccc4[nH]3)nc(Cl)nc21. The van der Waals surface area contributed by atoms with Crippen molar-refractivity contribution in [3.63, 3.8) is 0 Å². The molecule has 1 fully saturated rings. The number of nitrogens with zero attached hydrogens (tertiary/aromatic N) is 6. The zero-order chi connectivity index (χ0) is 19.8. The van der Waals surface area contributed by atoms with Crippen molar-refractivity contribution < 1.29 is 4.79 Å². The standard InChI is InChI=1S/C19H19ClN8O/c20-19-25-17(21-10-14-23-12-4-1-2-5-13(12)24-14)16-18(26-19)28(11-22-16)9-8-27-7-3-6-15(27)29/h1-2,4-5,11H,3,6-10H2,(H,23,24)(H,21,25,26). The topological polar surface area (TPSA) is 105 Å². The zero-order valence-corrected chi connectivity index (χ0v) is 16.4. The van der Waals surface area contributed by atoms with E-state index in [1.807, 2.05) is 33.7 Å². The second kappa shape index (κ2) is 7.32. The van der Waals surface area contributed by atoms with Gasteiger partial charge in [0.05, 0.1) is 23.9 Å². The highest BCUT2D eigenvalue weighted by atomic mass is 35.5. The van der Waals surface area contributed by atoms with E-state index in [0.717, 1.165) is 29.8 Å². The molecule has 1 amide bonds. The molecule has 2 N–H and O–H groups in total. The van der Waals surface area contributed by atoms with Gasteiger partial charge in [0.2, 0.25) is 11.2 Å². The first-order valence-electron chi connectivity index (χ1n) is 9.51. The molecular formula is C19H19ClN8O. The number of nitrogens with one attached hydrogen (secondary N) is 2. The fraction of sp³-hybridized carbons (Fsp3) is 0.316. The average molecular weight is 411 g/mol. The molecule has 4 aromatic rings. The summed E-state index contributed by atoms with van der Waals surface area (Å²) in [5.41, 5.74) is 3.17. The third-order valence-corrected chi connectivity index (χ3v) is 5.25. The Balaban J connectivity index is 1.36. The van der Waals surface area contributed by atoms with E-state index in [-0.39, 0.29) is 11.2 Å². The van der Waals surface area contributed by atoms with Gasteiger partial charge in [0.15, 0.2) is 17.0 Å². The van der Waals surface area contributed by atoms with Crippen molar-refractivity contribution in [1.82, 2.24) is 34.4 Å². The Morgan fingerprint density at radius 2 is 2.07 bits per heavy atom. The number of carbonyl (C=O) groups is 1. The van der Waals surface area contributed by atoms with Crippen LogP contribution in [0, 0.1) is 0 Å². The van der Waals surface area contributed by atoms with Gasteiger partial charge in [0.25, 0.3) is 0 Å². The number of hydrogen-bond acceptors (Lipinski definition) is 6. The van der Waals surface area contributed by atoms with E-state index in [1.54, 1.807) is 6.33 Å². The lowest BCUT2D eigenvalue weighted by Gasteiger charge is -2.15. The molecule has 1 aliphatic heterocycles. The number of para-hydroxylation sites is 2. The quantitative estimate of drug-likeness (QED) is 0.473. The molecule has 0 aliphatic carbocycles. The third-order valence-electron chi connectivity index (χ3n) is 5.08. The lowest BCUT2D eigenvalue weighted by molar-refractivity contribution is -0.127. The van der Waals surface area contributed by atoms with Crippen LogP contribution in [0.2, 0.25) is 5.28 Å². The second-order valence-corrected chi connectivity index (χ2v) is 7.33. The summed E-state index contributed by atoms with van der Waals surface area (Å²) in [7, 11) is 0. The maximum absolute atomic E-state index is 11.8. The first-order valence-corrected chi connectivity index (χ1v) is 9.89. The van der Waals surface area contributed by atoms with Crippen LogP contribution in [0.15, 0.2) is 30.6 Å². The summed E-state index contributed by atoms with van der Waals surface area (Å²) in [4.78, 5) is 34.6. The van der Waals surface area contributed by atoms with Gasteiger partial charge in [-0.1, -0.05) is 12.1 Å². The number of hydrogen-bond donors (Lipinski definition) is 2. The highest BCUT2D eigenvalue weighted by Gasteiger charge is 2.20. The molecule has 10 heteroatoms. The molecule has 5 rings (SSSR count). The van der Waals surface area contributed by atoms with Crippen LogP contribution in [0.3, 0.4) is 0 Å². The van der Waals surface area contributed by atoms with Gasteiger partial charge in [-0.15, -0.1) is 0 Å². The number of fused-ring (bicyclic) bond motifs is 2. The van der Waals surface area contributed by atoms with Crippen LogP contribution in [0.5, 0.6) is 0 Å². The van der Waals surface area contributed by atoms with Crippen LogP contribution in [0.4, 0.5) is 5.82 Å². The van der Waals surface area contributed by atoms with E-state index < -0.39 is 0 Å². The number of H-pyrrole nitrogens is 1. The molecule has 29 heavy (non-hydrogen) atoms. The number of aromatic amines is 1. The highest BCUT2D eigenvalue weighted by Crippen LogP contribution is 2.22. The maximum atomic E-state index is 11.8. The molecule has 0 spiro atoms. The molecule has 0 saturated carbocycles. The maximum Gasteiger partial charge on any atom is 0.226 e. The molecule has 4 heterocycles. The van der Waals surface area contributed by atoms with Crippen molar-refractivity contribution in [1.29, 1.82) is 0 Å². The molecule has 148 valence electrons. The number of aromatic nitrogens is 6. The number of likely N-dealkylation sites (tertiary alicyclic amines) is 1. The van der Waals surface area contributed by atoms with Gasteiger partial charge in [-0.25, -0.2) is 9.97 Å². The van der Waals surface area contributed by atoms with E-state index in [2.05, 4.69) is 30.2 Å². The Bertz CT molecular complexity index is 1170. The fourth-order valence-corrected chi connectivity index (χ4v) is 3.79. The van der Waals surface area contributed by atoms with Crippen molar-refractivity contribution in [2.45, 2.75) is 25.9 Å². The van der Waals surface area contributed by atoms with E-state index >= 15 is 0 Å². The fourth-order valence-electron chi connectivity index (χ4n) is 3.63. The van der Waals surface area contributed by atoms with E-state index in [4.69, 9.17) is 11.6 Å². The minimum atomic E-state index is 0.142. The number of imidazole rings is 2. The molecule has 1 saturated heterocycles. The van der Waals surface area contributed by atoms with Gasteiger partial charge in [-0.2, -0.15) is 9.97 Å². The summed E-state index contributed by atoms with van der Waals surface area (Å²) in [6.45, 7) is 2.50. The van der Waals surface area contributed by atoms with E-state index in [9.17, 15) is 4.79 Å². The van der Waals surface area contributed by atoms with Crippen LogP contribution < -0.4 is 5.32 Å². The molecule has 0 unspecified atom stereocenters. The smallest absolute Gasteiger partial charge is 0.226 e. The van der Waals surface area contributed by atoms with Gasteiger partial charge in [0, 0.05) is 26.1 Å². The van der Waals surface area contributed by atoms with Crippen LogP contribution in [0.25, 0.3) is 22.2 Å². The molecule has 3 aromatic heterocycles. The van der Waals surface area contributed by atoms with Gasteiger partial charge in [-0.05, 0) is 30.2 Å². The van der Waals surface area contributed by atoms with Crippen LogP contribution in [0.1, 0.15) is 18.7 Å². The molecule has 0 atom stereocenters. The van der Waals surface area contributed by atoms with Crippen molar-refractivity contribution in [2.75, 3.05) is 18.4 Å². The number of amides is 1. The largest absolute Gasteiger partial charge is 0.361 e. The Kier molecular flexibility index (Phi) is 4.51. The van der Waals surface area contributed by atoms with Crippen molar-refractivity contribution in [3.05, 3.63) is 41.7 Å². The summed E-state index contributed by atoms with van der Waals surface area (Å²) < 4.78 is 1.90. The number of rotatable bonds is 6. The summed E-state index contributed by atoms with van der Waals surface area (Å²) >= 11 is 6.16. The second-order valence-electron chi connectivity index (χ2n) is 6.99. The van der Waals surface area contributed by atoms with E-state index in [1.165, 1.54) is 0 Å². The van der Waals surface area contributed by atoms with Gasteiger partial charge in [0.1, 0.15) is 5.82 Å². The minimum Gasteiger partial charge on any atom is -0.361 e. The first kappa shape index (κ1) is 17.9. The molecule has 1 aromatic carbocycles. The first-order chi connectivity index (χ1) is 14.2. The summed E-state index contributed by atoms with van der Waals surface area (Å²) in [5.74, 6) is 1.55. The Labute approximate surface area is 171 Å². The highest BCUT2D eigenvalue weighted by molar-refractivity contribution is 6.28. The monoisotopic (exact) mass is 410 g/mol. The minimum absolute atomic E-state index is 0.142. The van der Waals surface area contributed by atoms with Crippen molar-refractivity contribution >= 4 is 45.5 Å². The summed E-state index contributed by atoms with van der Waals surface area (Å²) in [5, 5.41) is 3.40. The number of benzene rings is 1. The average Bonchev–Trinajstić information content (AvgIpc) is 3.42. The Morgan fingerprint density at radius 1 is 1.17 bits per heavy atom. The van der Waals surface area contributed by atoms with Gasteiger partial charge in [-0.3, -0.25) is 4.79 Å².